The molecule has 2 aromatic rings. The second-order valence-corrected chi connectivity index (χ2v) is 10.7. The maximum absolute atomic E-state index is 12.3. The molecule has 0 amide bonds. The van der Waals surface area contributed by atoms with Gasteiger partial charge in [0, 0.05) is 11.5 Å². The van der Waals surface area contributed by atoms with Crippen molar-refractivity contribution in [2.45, 2.75) is 78.4 Å². The Labute approximate surface area is 243 Å². The zero-order valence-corrected chi connectivity index (χ0v) is 24.7. The van der Waals surface area contributed by atoms with E-state index < -0.39 is 5.97 Å². The normalized spacial score (nSPS) is 16.8. The highest BCUT2D eigenvalue weighted by Gasteiger charge is 2.33. The maximum Gasteiger partial charge on any atom is 0.339 e. The Balaban J connectivity index is 1.70. The number of nitrogens with zero attached hydrogens (tertiary/aromatic N) is 3. The van der Waals surface area contributed by atoms with Crippen LogP contribution in [0.3, 0.4) is 0 Å². The molecular formula is C32H45N3O6. The van der Waals surface area contributed by atoms with Crippen molar-refractivity contribution in [3.05, 3.63) is 71.1 Å². The van der Waals surface area contributed by atoms with E-state index in [1.165, 1.54) is 5.57 Å². The molecule has 224 valence electrons. The van der Waals surface area contributed by atoms with Crippen LogP contribution in [0, 0.1) is 5.92 Å². The number of carboxylic acid groups (broad SMARTS) is 1. The number of ether oxygens (including phenoxy) is 3. The summed E-state index contributed by atoms with van der Waals surface area (Å²) in [7, 11) is 0. The van der Waals surface area contributed by atoms with E-state index in [-0.39, 0.29) is 29.8 Å². The minimum absolute atomic E-state index is 0.0292. The monoisotopic (exact) mass is 567 g/mol. The fraction of sp³-hybridized carbons (Fsp3) is 0.531. The molecule has 2 atom stereocenters. The van der Waals surface area contributed by atoms with Crippen LogP contribution in [0.4, 0.5) is 0 Å². The van der Waals surface area contributed by atoms with Gasteiger partial charge >= 0.3 is 5.97 Å². The lowest BCUT2D eigenvalue weighted by Crippen LogP contribution is -2.20. The standard InChI is InChI=1S/C32H45N3O6/c1-6-8-9-10-24-19-28(41-17-16-39-14-15-40-21-25-20-35(13-7-2)34-33-25)30(31(36)29(24)32(37)38)27-18-23(5)11-12-26(27)22(3)4/h7,18-20,26-27,36H,2-3,6,8-17,21H2,1,4-5H3,(H,37,38). The Bertz CT molecular complexity index is 1220. The smallest absolute Gasteiger partial charge is 0.339 e. The van der Waals surface area contributed by atoms with E-state index in [9.17, 15) is 15.0 Å². The van der Waals surface area contributed by atoms with Crippen LogP contribution >= 0.6 is 0 Å². The lowest BCUT2D eigenvalue weighted by Gasteiger charge is -2.32. The van der Waals surface area contributed by atoms with Crippen LogP contribution in [0.25, 0.3) is 0 Å². The second-order valence-electron chi connectivity index (χ2n) is 10.7. The van der Waals surface area contributed by atoms with Gasteiger partial charge in [-0.3, -0.25) is 0 Å². The van der Waals surface area contributed by atoms with E-state index in [2.05, 4.69) is 43.4 Å². The molecular weight excluding hydrogens is 522 g/mol. The third kappa shape index (κ3) is 9.03. The van der Waals surface area contributed by atoms with E-state index in [4.69, 9.17) is 14.2 Å². The summed E-state index contributed by atoms with van der Waals surface area (Å²) in [6.45, 7) is 16.3. The van der Waals surface area contributed by atoms with Crippen molar-refractivity contribution in [3.8, 4) is 11.5 Å². The van der Waals surface area contributed by atoms with Gasteiger partial charge in [0.25, 0.3) is 0 Å². The molecule has 0 saturated carbocycles. The van der Waals surface area contributed by atoms with Crippen LogP contribution in [0.1, 0.15) is 86.0 Å². The molecule has 1 aliphatic carbocycles. The summed E-state index contributed by atoms with van der Waals surface area (Å²) in [6.07, 6.45) is 10.9. The fourth-order valence-corrected chi connectivity index (χ4v) is 5.29. The molecule has 9 nitrogen and oxygen atoms in total. The Morgan fingerprint density at radius 2 is 1.98 bits per heavy atom. The number of benzene rings is 1. The number of allylic oxidation sites excluding steroid dienone is 4. The molecule has 2 unspecified atom stereocenters. The zero-order valence-electron chi connectivity index (χ0n) is 24.7. The number of phenols is 1. The van der Waals surface area contributed by atoms with Gasteiger partial charge in [0.15, 0.2) is 0 Å². The molecule has 0 bridgehead atoms. The van der Waals surface area contributed by atoms with Gasteiger partial charge < -0.3 is 24.4 Å². The van der Waals surface area contributed by atoms with Gasteiger partial charge in [0.1, 0.15) is 29.4 Å². The summed E-state index contributed by atoms with van der Waals surface area (Å²) in [5.41, 5.74) is 4.01. The van der Waals surface area contributed by atoms with E-state index in [0.717, 1.165) is 43.4 Å². The van der Waals surface area contributed by atoms with Crippen molar-refractivity contribution in [1.82, 2.24) is 15.0 Å². The fourth-order valence-electron chi connectivity index (χ4n) is 5.29. The maximum atomic E-state index is 12.3. The topological polar surface area (TPSA) is 116 Å². The summed E-state index contributed by atoms with van der Waals surface area (Å²) in [4.78, 5) is 12.3. The van der Waals surface area contributed by atoms with Crippen molar-refractivity contribution >= 4 is 5.97 Å². The average molecular weight is 568 g/mol. The SMILES string of the molecule is C=CCn1cc(COCCOCCOc2cc(CCCCC)c(C(=O)O)c(O)c2C2C=C(C)CCC2C(=C)C)nn1. The molecule has 0 fully saturated rings. The van der Waals surface area contributed by atoms with Crippen LogP contribution in [0.15, 0.2) is 48.7 Å². The number of aromatic hydroxyl groups is 1. The quantitative estimate of drug-likeness (QED) is 0.161. The highest BCUT2D eigenvalue weighted by atomic mass is 16.5. The summed E-state index contributed by atoms with van der Waals surface area (Å²) in [5, 5.41) is 29.6. The molecule has 3 rings (SSSR count). The number of aromatic carboxylic acids is 1. The van der Waals surface area contributed by atoms with Crippen molar-refractivity contribution in [2.75, 3.05) is 26.4 Å². The van der Waals surface area contributed by atoms with Crippen molar-refractivity contribution in [3.63, 3.8) is 0 Å². The zero-order chi connectivity index (χ0) is 29.8. The average Bonchev–Trinajstić information content (AvgIpc) is 3.37. The molecule has 2 N–H and O–H groups in total. The van der Waals surface area contributed by atoms with Gasteiger partial charge in [-0.15, -0.1) is 11.7 Å². The van der Waals surface area contributed by atoms with Gasteiger partial charge in [-0.25, -0.2) is 9.48 Å². The predicted octanol–water partition coefficient (Wildman–Crippen LogP) is 6.23. The molecule has 9 heteroatoms. The number of rotatable bonds is 18. The highest BCUT2D eigenvalue weighted by Crippen LogP contribution is 2.48. The molecule has 0 spiro atoms. The molecule has 0 saturated heterocycles. The van der Waals surface area contributed by atoms with E-state index >= 15 is 0 Å². The first-order chi connectivity index (χ1) is 19.8. The van der Waals surface area contributed by atoms with Gasteiger partial charge in [0.2, 0.25) is 0 Å². The first-order valence-corrected chi connectivity index (χ1v) is 14.5. The minimum atomic E-state index is -1.13. The number of aromatic nitrogens is 3. The molecule has 0 aliphatic heterocycles. The molecule has 1 aliphatic rings. The summed E-state index contributed by atoms with van der Waals surface area (Å²) >= 11 is 0. The molecule has 41 heavy (non-hydrogen) atoms. The second kappa shape index (κ2) is 16.1. The third-order valence-electron chi connectivity index (χ3n) is 7.37. The van der Waals surface area contributed by atoms with Gasteiger partial charge in [-0.05, 0) is 57.1 Å². The summed E-state index contributed by atoms with van der Waals surface area (Å²) in [5.74, 6) is -0.979. The van der Waals surface area contributed by atoms with Gasteiger partial charge in [0.05, 0.1) is 39.2 Å². The highest BCUT2D eigenvalue weighted by molar-refractivity contribution is 5.94. The molecule has 1 heterocycles. The minimum Gasteiger partial charge on any atom is -0.507 e. The number of aryl methyl sites for hydroxylation is 1. The Morgan fingerprint density at radius 1 is 1.22 bits per heavy atom. The molecule has 1 aromatic carbocycles. The van der Waals surface area contributed by atoms with E-state index in [0.29, 0.717) is 56.3 Å². The van der Waals surface area contributed by atoms with Crippen LogP contribution in [0.2, 0.25) is 0 Å². The first kappa shape index (κ1) is 32.1. The van der Waals surface area contributed by atoms with Crippen LogP contribution < -0.4 is 4.74 Å². The number of carboxylic acids is 1. The van der Waals surface area contributed by atoms with Crippen molar-refractivity contribution < 1.29 is 29.2 Å². The Hall–Kier alpha value is -3.43. The molecule has 0 radical (unpaired) electrons. The van der Waals surface area contributed by atoms with Crippen LogP contribution in [0.5, 0.6) is 11.5 Å². The summed E-state index contributed by atoms with van der Waals surface area (Å²) < 4.78 is 19.2. The van der Waals surface area contributed by atoms with E-state index in [1.54, 1.807) is 10.8 Å². The number of hydrogen-bond acceptors (Lipinski definition) is 7. The van der Waals surface area contributed by atoms with Crippen molar-refractivity contribution in [2.24, 2.45) is 5.92 Å². The van der Waals surface area contributed by atoms with Gasteiger partial charge in [-0.2, -0.15) is 0 Å². The summed E-state index contributed by atoms with van der Waals surface area (Å²) in [6, 6.07) is 1.81. The van der Waals surface area contributed by atoms with Crippen LogP contribution in [-0.4, -0.2) is 57.6 Å². The molecule has 1 aromatic heterocycles. The van der Waals surface area contributed by atoms with Crippen molar-refractivity contribution in [1.29, 1.82) is 0 Å². The third-order valence-corrected chi connectivity index (χ3v) is 7.37. The lowest BCUT2D eigenvalue weighted by atomic mass is 9.73. The van der Waals surface area contributed by atoms with Crippen LogP contribution in [-0.2, 0) is 29.0 Å². The van der Waals surface area contributed by atoms with Gasteiger partial charge in [-0.1, -0.05) is 54.9 Å². The largest absolute Gasteiger partial charge is 0.507 e. The number of hydrogen-bond donors (Lipinski definition) is 2. The number of carbonyl (C=O) groups is 1. The van der Waals surface area contributed by atoms with E-state index in [1.807, 2.05) is 19.2 Å². The predicted molar refractivity (Wildman–Crippen MR) is 159 cm³/mol. The lowest BCUT2D eigenvalue weighted by molar-refractivity contribution is 0.0292. The first-order valence-electron chi connectivity index (χ1n) is 14.5. The Morgan fingerprint density at radius 3 is 2.68 bits per heavy atom. The Kier molecular flexibility index (Phi) is 12.6. The number of unbranched alkanes of at least 4 members (excludes halogenated alkanes) is 2.